The largest absolute Gasteiger partial charge is 0.388 e. The van der Waals surface area contributed by atoms with Crippen LogP contribution in [0.25, 0.3) is 10.2 Å². The van der Waals surface area contributed by atoms with E-state index in [1.54, 1.807) is 18.4 Å². The van der Waals surface area contributed by atoms with E-state index in [0.29, 0.717) is 0 Å². The predicted molar refractivity (Wildman–Crippen MR) is 83.6 cm³/mol. The Kier molecular flexibility index (Phi) is 3.28. The first-order chi connectivity index (χ1) is 9.67. The van der Waals surface area contributed by atoms with Gasteiger partial charge in [0.1, 0.15) is 5.82 Å². The Morgan fingerprint density at radius 1 is 1.15 bits per heavy atom. The highest BCUT2D eigenvalue weighted by atomic mass is 32.1. The lowest BCUT2D eigenvalue weighted by molar-refractivity contribution is 0.628. The zero-order valence-electron chi connectivity index (χ0n) is 11.2. The molecule has 3 nitrogen and oxygen atoms in total. The van der Waals surface area contributed by atoms with Gasteiger partial charge in [0, 0.05) is 24.1 Å². The maximum atomic E-state index is 13.6. The topological polar surface area (TPSA) is 37.0 Å². The van der Waals surface area contributed by atoms with Gasteiger partial charge >= 0.3 is 0 Å². The molecule has 0 aliphatic carbocycles. The van der Waals surface area contributed by atoms with Crippen molar-refractivity contribution < 1.29 is 4.39 Å². The third-order valence-corrected chi connectivity index (χ3v) is 4.04. The van der Waals surface area contributed by atoms with Crippen molar-refractivity contribution >= 4 is 38.6 Å². The van der Waals surface area contributed by atoms with Crippen molar-refractivity contribution in [3.8, 4) is 0 Å². The zero-order valence-corrected chi connectivity index (χ0v) is 12.0. The van der Waals surface area contributed by atoms with Crippen molar-refractivity contribution in [2.45, 2.75) is 6.92 Å². The van der Waals surface area contributed by atoms with Crippen molar-refractivity contribution in [3.05, 3.63) is 47.2 Å². The van der Waals surface area contributed by atoms with Crippen LogP contribution in [0.15, 0.2) is 35.8 Å². The van der Waals surface area contributed by atoms with Gasteiger partial charge in [-0.2, -0.15) is 0 Å². The Hall–Kier alpha value is -2.14. The van der Waals surface area contributed by atoms with Crippen LogP contribution >= 0.6 is 11.3 Å². The highest BCUT2D eigenvalue weighted by molar-refractivity contribution is 7.16. The molecule has 20 heavy (non-hydrogen) atoms. The van der Waals surface area contributed by atoms with Crippen LogP contribution in [0.1, 0.15) is 5.56 Å². The summed E-state index contributed by atoms with van der Waals surface area (Å²) in [5.41, 5.74) is 6.26. The molecule has 0 saturated heterocycles. The number of nitrogens with zero attached hydrogens (tertiary/aromatic N) is 1. The number of benzene rings is 2. The second-order valence-electron chi connectivity index (χ2n) is 4.54. The monoisotopic (exact) mass is 287 g/mol. The summed E-state index contributed by atoms with van der Waals surface area (Å²) in [4.78, 5) is 4.25. The normalized spacial score (nSPS) is 10.8. The minimum absolute atomic E-state index is 0.263. The molecule has 0 radical (unpaired) electrons. The van der Waals surface area contributed by atoms with Gasteiger partial charge < -0.3 is 10.6 Å². The van der Waals surface area contributed by atoms with Gasteiger partial charge in [-0.25, -0.2) is 9.37 Å². The van der Waals surface area contributed by atoms with Crippen LogP contribution < -0.4 is 10.6 Å². The standard InChI is InChI=1S/C15H14FN3S/c1-9-13(17-2)5-10(16)6-14(9)19-11-3-4-12-15(7-11)20-8-18-12/h3-8,17,19H,1-2H3. The Morgan fingerprint density at radius 3 is 2.75 bits per heavy atom. The first kappa shape index (κ1) is 12.9. The Bertz CT molecular complexity index is 767. The van der Waals surface area contributed by atoms with E-state index >= 15 is 0 Å². The van der Waals surface area contributed by atoms with E-state index in [2.05, 4.69) is 15.6 Å². The van der Waals surface area contributed by atoms with E-state index < -0.39 is 0 Å². The molecule has 2 N–H and O–H groups in total. The van der Waals surface area contributed by atoms with Crippen molar-refractivity contribution in [2.75, 3.05) is 17.7 Å². The average Bonchev–Trinajstić information content (AvgIpc) is 2.90. The molecule has 0 atom stereocenters. The molecule has 0 unspecified atom stereocenters. The number of halogens is 1. The van der Waals surface area contributed by atoms with Gasteiger partial charge in [-0.3, -0.25) is 0 Å². The average molecular weight is 287 g/mol. The molecule has 1 heterocycles. The first-order valence-corrected chi connectivity index (χ1v) is 7.13. The van der Waals surface area contributed by atoms with Crippen LogP contribution in [-0.4, -0.2) is 12.0 Å². The first-order valence-electron chi connectivity index (χ1n) is 6.25. The SMILES string of the molecule is CNc1cc(F)cc(Nc2ccc3ncsc3c2)c1C. The van der Waals surface area contributed by atoms with Gasteiger partial charge in [-0.1, -0.05) is 0 Å². The summed E-state index contributed by atoms with van der Waals surface area (Å²) in [6.45, 7) is 1.96. The molecular weight excluding hydrogens is 273 g/mol. The molecule has 3 aromatic rings. The second kappa shape index (κ2) is 5.09. The molecule has 102 valence electrons. The molecule has 2 aromatic carbocycles. The minimum Gasteiger partial charge on any atom is -0.388 e. The number of nitrogens with one attached hydrogen (secondary N) is 2. The summed E-state index contributed by atoms with van der Waals surface area (Å²) >= 11 is 1.59. The lowest BCUT2D eigenvalue weighted by atomic mass is 10.1. The van der Waals surface area contributed by atoms with Gasteiger partial charge in [0.25, 0.3) is 0 Å². The van der Waals surface area contributed by atoms with Crippen LogP contribution in [0.5, 0.6) is 0 Å². The fraction of sp³-hybridized carbons (Fsp3) is 0.133. The van der Waals surface area contributed by atoms with Crippen LogP contribution in [0.4, 0.5) is 21.5 Å². The van der Waals surface area contributed by atoms with Gasteiger partial charge in [0.2, 0.25) is 0 Å². The number of aromatic nitrogens is 1. The summed E-state index contributed by atoms with van der Waals surface area (Å²) in [7, 11) is 1.79. The van der Waals surface area contributed by atoms with Crippen LogP contribution in [0.3, 0.4) is 0 Å². The van der Waals surface area contributed by atoms with E-state index in [1.165, 1.54) is 12.1 Å². The molecule has 0 bridgehead atoms. The summed E-state index contributed by atoms with van der Waals surface area (Å²) < 4.78 is 14.7. The van der Waals surface area contributed by atoms with Gasteiger partial charge in [-0.05, 0) is 42.8 Å². The molecule has 0 spiro atoms. The van der Waals surface area contributed by atoms with Crippen LogP contribution in [-0.2, 0) is 0 Å². The molecule has 5 heteroatoms. The Morgan fingerprint density at radius 2 is 1.95 bits per heavy atom. The quantitative estimate of drug-likeness (QED) is 0.743. The van der Waals surface area contributed by atoms with E-state index in [0.717, 1.165) is 32.8 Å². The van der Waals surface area contributed by atoms with E-state index in [1.807, 2.05) is 30.6 Å². The third-order valence-electron chi connectivity index (χ3n) is 3.25. The number of thiazole rings is 1. The van der Waals surface area contributed by atoms with Crippen LogP contribution in [0, 0.1) is 12.7 Å². The molecule has 3 rings (SSSR count). The lowest BCUT2D eigenvalue weighted by Crippen LogP contribution is -1.99. The number of hydrogen-bond donors (Lipinski definition) is 2. The summed E-state index contributed by atoms with van der Waals surface area (Å²) in [6.07, 6.45) is 0. The number of anilines is 3. The highest BCUT2D eigenvalue weighted by Gasteiger charge is 2.07. The zero-order chi connectivity index (χ0) is 14.1. The maximum Gasteiger partial charge on any atom is 0.127 e. The Balaban J connectivity index is 1.99. The molecule has 0 saturated carbocycles. The van der Waals surface area contributed by atoms with E-state index in [4.69, 9.17) is 0 Å². The predicted octanol–water partition coefficient (Wildman–Crippen LogP) is 4.53. The number of fused-ring (bicyclic) bond motifs is 1. The number of hydrogen-bond acceptors (Lipinski definition) is 4. The van der Waals surface area contributed by atoms with Gasteiger partial charge in [0.15, 0.2) is 0 Å². The van der Waals surface area contributed by atoms with Crippen molar-refractivity contribution in [1.29, 1.82) is 0 Å². The molecule has 0 amide bonds. The molecule has 0 aliphatic rings. The maximum absolute atomic E-state index is 13.6. The van der Waals surface area contributed by atoms with Gasteiger partial charge in [0.05, 0.1) is 15.7 Å². The summed E-state index contributed by atoms with van der Waals surface area (Å²) in [5, 5.41) is 6.27. The fourth-order valence-electron chi connectivity index (χ4n) is 2.16. The van der Waals surface area contributed by atoms with E-state index in [-0.39, 0.29) is 5.82 Å². The molecule has 0 aliphatic heterocycles. The summed E-state index contributed by atoms with van der Waals surface area (Å²) in [5.74, 6) is -0.263. The third kappa shape index (κ3) is 2.32. The number of rotatable bonds is 3. The highest BCUT2D eigenvalue weighted by Crippen LogP contribution is 2.29. The van der Waals surface area contributed by atoms with Gasteiger partial charge in [-0.15, -0.1) is 11.3 Å². The second-order valence-corrected chi connectivity index (χ2v) is 5.42. The smallest absolute Gasteiger partial charge is 0.127 e. The molecular formula is C15H14FN3S. The van der Waals surface area contributed by atoms with Crippen molar-refractivity contribution in [1.82, 2.24) is 4.98 Å². The van der Waals surface area contributed by atoms with Crippen molar-refractivity contribution in [3.63, 3.8) is 0 Å². The van der Waals surface area contributed by atoms with E-state index in [9.17, 15) is 4.39 Å². The Labute approximate surface area is 120 Å². The lowest BCUT2D eigenvalue weighted by Gasteiger charge is -2.13. The minimum atomic E-state index is -0.263. The molecule has 0 fully saturated rings. The summed E-state index contributed by atoms with van der Waals surface area (Å²) in [6, 6.07) is 8.93. The fourth-order valence-corrected chi connectivity index (χ4v) is 2.87. The molecule has 1 aromatic heterocycles. The van der Waals surface area contributed by atoms with Crippen molar-refractivity contribution in [2.24, 2.45) is 0 Å². The van der Waals surface area contributed by atoms with Crippen LogP contribution in [0.2, 0.25) is 0 Å².